The van der Waals surface area contributed by atoms with Gasteiger partial charge in [-0.2, -0.15) is 0 Å². The first-order chi connectivity index (χ1) is 4.61. The van der Waals surface area contributed by atoms with Gasteiger partial charge in [0.25, 0.3) is 0 Å². The minimum atomic E-state index is -0.762. The smallest absolute Gasteiger partial charge is 0.310 e. The van der Waals surface area contributed by atoms with Crippen molar-refractivity contribution >= 4 is 5.97 Å². The second-order valence-electron chi connectivity index (χ2n) is 2.70. The molecule has 0 aliphatic heterocycles. The molecule has 1 rings (SSSR count). The van der Waals surface area contributed by atoms with Crippen molar-refractivity contribution in [1.29, 1.82) is 0 Å². The summed E-state index contributed by atoms with van der Waals surface area (Å²) in [6.45, 7) is 1.81. The van der Waals surface area contributed by atoms with Crippen LogP contribution in [0.2, 0.25) is 0 Å². The van der Waals surface area contributed by atoms with Gasteiger partial charge in [0.05, 0.1) is 5.92 Å². The maximum atomic E-state index is 10.5. The van der Waals surface area contributed by atoms with Gasteiger partial charge in [-0.1, -0.05) is 11.6 Å². The van der Waals surface area contributed by atoms with Crippen molar-refractivity contribution in [2.24, 2.45) is 11.7 Å². The molecule has 0 saturated carbocycles. The molecule has 1 aliphatic carbocycles. The molecule has 1 aliphatic rings. The maximum Gasteiger partial charge on any atom is 0.310 e. The second-order valence-corrected chi connectivity index (χ2v) is 2.70. The summed E-state index contributed by atoms with van der Waals surface area (Å²) in [4.78, 5) is 10.5. The predicted molar refractivity (Wildman–Crippen MR) is 37.5 cm³/mol. The van der Waals surface area contributed by atoms with Crippen LogP contribution in [0.3, 0.4) is 0 Å². The SMILES string of the molecule is CC1=CC(N)CC1C(=O)O. The van der Waals surface area contributed by atoms with Gasteiger partial charge in [-0.15, -0.1) is 0 Å². The van der Waals surface area contributed by atoms with Gasteiger partial charge in [-0.25, -0.2) is 0 Å². The van der Waals surface area contributed by atoms with Crippen molar-refractivity contribution in [3.8, 4) is 0 Å². The van der Waals surface area contributed by atoms with Crippen molar-refractivity contribution in [2.45, 2.75) is 19.4 Å². The zero-order chi connectivity index (χ0) is 7.72. The van der Waals surface area contributed by atoms with Gasteiger partial charge in [0, 0.05) is 6.04 Å². The van der Waals surface area contributed by atoms with Gasteiger partial charge in [0.15, 0.2) is 0 Å². The molecule has 3 heteroatoms. The van der Waals surface area contributed by atoms with E-state index in [0.717, 1.165) is 5.57 Å². The predicted octanol–water partition coefficient (Wildman–Crippen LogP) is 0.365. The average molecular weight is 141 g/mol. The molecule has 0 saturated heterocycles. The Balaban J connectivity index is 2.68. The quantitative estimate of drug-likeness (QED) is 0.518. The molecule has 2 atom stereocenters. The number of hydrogen-bond acceptors (Lipinski definition) is 2. The van der Waals surface area contributed by atoms with Crippen LogP contribution in [0.15, 0.2) is 11.6 Å². The van der Waals surface area contributed by atoms with Crippen LogP contribution in [0.25, 0.3) is 0 Å². The molecule has 0 heterocycles. The Bertz CT molecular complexity index is 186. The molecule has 0 spiro atoms. The van der Waals surface area contributed by atoms with E-state index in [1.807, 2.05) is 13.0 Å². The lowest BCUT2D eigenvalue weighted by Crippen LogP contribution is -2.19. The van der Waals surface area contributed by atoms with Crippen molar-refractivity contribution in [2.75, 3.05) is 0 Å². The third kappa shape index (κ3) is 1.19. The van der Waals surface area contributed by atoms with Crippen LogP contribution in [0.5, 0.6) is 0 Å². The summed E-state index contributed by atoms with van der Waals surface area (Å²) < 4.78 is 0. The molecule has 2 unspecified atom stereocenters. The zero-order valence-corrected chi connectivity index (χ0v) is 5.87. The van der Waals surface area contributed by atoms with Gasteiger partial charge in [-0.05, 0) is 13.3 Å². The van der Waals surface area contributed by atoms with E-state index in [1.165, 1.54) is 0 Å². The molecule has 3 N–H and O–H groups in total. The van der Waals surface area contributed by atoms with Gasteiger partial charge in [0.2, 0.25) is 0 Å². The Morgan fingerprint density at radius 3 is 2.70 bits per heavy atom. The molecule has 0 radical (unpaired) electrons. The van der Waals surface area contributed by atoms with E-state index in [0.29, 0.717) is 6.42 Å². The first kappa shape index (κ1) is 7.28. The zero-order valence-electron chi connectivity index (χ0n) is 5.87. The lowest BCUT2D eigenvalue weighted by Gasteiger charge is -2.04. The Kier molecular flexibility index (Phi) is 1.76. The van der Waals surface area contributed by atoms with Gasteiger partial charge < -0.3 is 10.8 Å². The lowest BCUT2D eigenvalue weighted by molar-refractivity contribution is -0.140. The highest BCUT2D eigenvalue weighted by molar-refractivity contribution is 5.74. The standard InChI is InChI=1S/C7H11NO2/c1-4-2-5(8)3-6(4)7(9)10/h2,5-6H,3,8H2,1H3,(H,9,10). The summed E-state index contributed by atoms with van der Waals surface area (Å²) in [6, 6.07) is -0.0545. The summed E-state index contributed by atoms with van der Waals surface area (Å²) in [5.74, 6) is -1.10. The summed E-state index contributed by atoms with van der Waals surface area (Å²) >= 11 is 0. The molecule has 10 heavy (non-hydrogen) atoms. The van der Waals surface area contributed by atoms with E-state index in [9.17, 15) is 4.79 Å². The van der Waals surface area contributed by atoms with Crippen LogP contribution in [0.4, 0.5) is 0 Å². The van der Waals surface area contributed by atoms with Crippen LogP contribution in [-0.2, 0) is 4.79 Å². The van der Waals surface area contributed by atoms with E-state index in [1.54, 1.807) is 0 Å². The molecule has 0 fully saturated rings. The third-order valence-electron chi connectivity index (χ3n) is 1.83. The van der Waals surface area contributed by atoms with Crippen LogP contribution < -0.4 is 5.73 Å². The van der Waals surface area contributed by atoms with Crippen LogP contribution in [0, 0.1) is 5.92 Å². The Hall–Kier alpha value is -0.830. The molecule has 3 nitrogen and oxygen atoms in total. The van der Waals surface area contributed by atoms with Crippen molar-refractivity contribution < 1.29 is 9.90 Å². The van der Waals surface area contributed by atoms with Gasteiger partial charge in [0.1, 0.15) is 0 Å². The molecule has 0 amide bonds. The normalized spacial score (nSPS) is 32.0. The van der Waals surface area contributed by atoms with Crippen molar-refractivity contribution in [3.05, 3.63) is 11.6 Å². The summed E-state index contributed by atoms with van der Waals surface area (Å²) in [7, 11) is 0. The van der Waals surface area contributed by atoms with Gasteiger partial charge >= 0.3 is 5.97 Å². The Morgan fingerprint density at radius 2 is 2.50 bits per heavy atom. The minimum absolute atomic E-state index is 0.0545. The van der Waals surface area contributed by atoms with Gasteiger partial charge in [-0.3, -0.25) is 4.79 Å². The van der Waals surface area contributed by atoms with Crippen molar-refractivity contribution in [1.82, 2.24) is 0 Å². The fourth-order valence-electron chi connectivity index (χ4n) is 1.28. The third-order valence-corrected chi connectivity index (χ3v) is 1.83. The number of carboxylic acid groups (broad SMARTS) is 1. The largest absolute Gasteiger partial charge is 0.481 e. The van der Waals surface area contributed by atoms with Crippen LogP contribution >= 0.6 is 0 Å². The number of nitrogens with two attached hydrogens (primary N) is 1. The monoisotopic (exact) mass is 141 g/mol. The number of carbonyl (C=O) groups is 1. The molecule has 56 valence electrons. The molecule has 0 aromatic heterocycles. The summed E-state index contributed by atoms with van der Waals surface area (Å²) in [5.41, 5.74) is 6.40. The lowest BCUT2D eigenvalue weighted by atomic mass is 10.0. The topological polar surface area (TPSA) is 63.3 Å². The highest BCUT2D eigenvalue weighted by Crippen LogP contribution is 2.24. The summed E-state index contributed by atoms with van der Waals surface area (Å²) in [6.07, 6.45) is 2.37. The molecule has 0 bridgehead atoms. The van der Waals surface area contributed by atoms with E-state index in [2.05, 4.69) is 0 Å². The number of aliphatic carboxylic acids is 1. The number of carboxylic acids is 1. The average Bonchev–Trinajstić information content (AvgIpc) is 2.10. The first-order valence-electron chi connectivity index (χ1n) is 3.28. The number of hydrogen-bond donors (Lipinski definition) is 2. The highest BCUT2D eigenvalue weighted by Gasteiger charge is 2.26. The fourth-order valence-corrected chi connectivity index (χ4v) is 1.28. The molecular weight excluding hydrogens is 130 g/mol. The van der Waals surface area contributed by atoms with E-state index < -0.39 is 5.97 Å². The maximum absolute atomic E-state index is 10.5. The number of rotatable bonds is 1. The van der Waals surface area contributed by atoms with Crippen LogP contribution in [0.1, 0.15) is 13.3 Å². The van der Waals surface area contributed by atoms with Crippen molar-refractivity contribution in [3.63, 3.8) is 0 Å². The Morgan fingerprint density at radius 1 is 1.90 bits per heavy atom. The minimum Gasteiger partial charge on any atom is -0.481 e. The molecule has 0 aromatic carbocycles. The molecule has 0 aromatic rings. The highest BCUT2D eigenvalue weighted by atomic mass is 16.4. The van der Waals surface area contributed by atoms with E-state index in [4.69, 9.17) is 10.8 Å². The summed E-state index contributed by atoms with van der Waals surface area (Å²) in [5, 5.41) is 8.61. The fraction of sp³-hybridized carbons (Fsp3) is 0.571. The first-order valence-corrected chi connectivity index (χ1v) is 3.28. The van der Waals surface area contributed by atoms with E-state index in [-0.39, 0.29) is 12.0 Å². The van der Waals surface area contributed by atoms with Crippen LogP contribution in [-0.4, -0.2) is 17.1 Å². The van der Waals surface area contributed by atoms with E-state index >= 15 is 0 Å². The molecular formula is C7H11NO2. The second kappa shape index (κ2) is 2.42. The Labute approximate surface area is 59.5 Å².